The van der Waals surface area contributed by atoms with Crippen molar-refractivity contribution in [3.05, 3.63) is 83.1 Å². The Hall–Kier alpha value is -3.68. The number of rotatable bonds is 6. The average Bonchev–Trinajstić information content (AvgIpc) is 2.97. The first-order valence-electron chi connectivity index (χ1n) is 9.13. The van der Waals surface area contributed by atoms with E-state index in [4.69, 9.17) is 4.74 Å². The van der Waals surface area contributed by atoms with Gasteiger partial charge in [0.2, 0.25) is 5.88 Å². The van der Waals surface area contributed by atoms with Gasteiger partial charge >= 0.3 is 0 Å². The Kier molecular flexibility index (Phi) is 5.86. The first-order chi connectivity index (χ1) is 14.2. The van der Waals surface area contributed by atoms with Crippen molar-refractivity contribution in [1.82, 2.24) is 15.1 Å². The highest BCUT2D eigenvalue weighted by Gasteiger charge is 2.25. The number of hydrogen-bond acceptors (Lipinski definition) is 4. The zero-order valence-corrected chi connectivity index (χ0v) is 16.7. The van der Waals surface area contributed by atoms with Crippen LogP contribution in [0.1, 0.15) is 40.1 Å². The lowest BCUT2D eigenvalue weighted by molar-refractivity contribution is 0.0936. The minimum absolute atomic E-state index is 0.00590. The zero-order chi connectivity index (χ0) is 22.0. The van der Waals surface area contributed by atoms with Gasteiger partial charge in [-0.25, -0.2) is 13.5 Å². The number of nitrogens with one attached hydrogen (secondary N) is 1. The highest BCUT2D eigenvalue weighted by molar-refractivity contribution is 5.98. The standard InChI is InChI=1S/C22H21F2N3O3/c1-12(15-5-7-16(8-6-15)14(3)28)25-21(29)20-13(2)26-27(4)22(20)30-19-11-17(23)9-10-18(19)24/h5-12,28H,3H2,1-2,4H3,(H,25,29)/t12-/m0/s1. The highest BCUT2D eigenvalue weighted by Crippen LogP contribution is 2.30. The largest absolute Gasteiger partial charge is 0.508 e. The number of nitrogens with zero attached hydrogens (tertiary/aromatic N) is 2. The van der Waals surface area contributed by atoms with Gasteiger partial charge in [-0.05, 0) is 31.5 Å². The van der Waals surface area contributed by atoms with Crippen molar-refractivity contribution in [2.24, 2.45) is 7.05 Å². The van der Waals surface area contributed by atoms with E-state index in [0.717, 1.165) is 23.8 Å². The Bertz CT molecular complexity index is 1110. The van der Waals surface area contributed by atoms with Crippen molar-refractivity contribution in [2.45, 2.75) is 19.9 Å². The van der Waals surface area contributed by atoms with Crippen LogP contribution in [-0.4, -0.2) is 20.8 Å². The maximum absolute atomic E-state index is 14.0. The molecule has 8 heteroatoms. The summed E-state index contributed by atoms with van der Waals surface area (Å²) in [7, 11) is 1.54. The van der Waals surface area contributed by atoms with Gasteiger partial charge in [0.1, 0.15) is 17.1 Å². The average molecular weight is 413 g/mol. The third-order valence-corrected chi connectivity index (χ3v) is 4.59. The maximum Gasteiger partial charge on any atom is 0.259 e. The molecule has 0 spiro atoms. The zero-order valence-electron chi connectivity index (χ0n) is 16.7. The minimum atomic E-state index is -0.763. The Morgan fingerprint density at radius 3 is 2.53 bits per heavy atom. The third-order valence-electron chi connectivity index (χ3n) is 4.59. The molecule has 30 heavy (non-hydrogen) atoms. The van der Waals surface area contributed by atoms with Crippen LogP contribution in [0.5, 0.6) is 11.6 Å². The van der Waals surface area contributed by atoms with Crippen molar-refractivity contribution >= 4 is 11.7 Å². The third kappa shape index (κ3) is 4.32. The predicted octanol–water partition coefficient (Wildman–Crippen LogP) is 4.82. The lowest BCUT2D eigenvalue weighted by Gasteiger charge is -2.16. The molecule has 1 atom stereocenters. The number of aryl methyl sites for hydroxylation is 2. The summed E-state index contributed by atoms with van der Waals surface area (Å²) in [5.74, 6) is -2.31. The lowest BCUT2D eigenvalue weighted by Crippen LogP contribution is -2.27. The van der Waals surface area contributed by atoms with Crippen LogP contribution < -0.4 is 10.1 Å². The second-order valence-corrected chi connectivity index (χ2v) is 6.83. The van der Waals surface area contributed by atoms with Gasteiger partial charge in [-0.3, -0.25) is 4.79 Å². The molecule has 0 bridgehead atoms. The molecule has 0 radical (unpaired) electrons. The van der Waals surface area contributed by atoms with Gasteiger partial charge in [-0.2, -0.15) is 5.10 Å². The van der Waals surface area contributed by atoms with Crippen molar-refractivity contribution < 1.29 is 23.4 Å². The molecule has 0 aliphatic carbocycles. The monoisotopic (exact) mass is 413 g/mol. The molecule has 1 aromatic heterocycles. The van der Waals surface area contributed by atoms with E-state index < -0.39 is 17.5 Å². The number of halogens is 2. The molecule has 1 heterocycles. The smallest absolute Gasteiger partial charge is 0.259 e. The van der Waals surface area contributed by atoms with Crippen LogP contribution in [0.2, 0.25) is 0 Å². The molecule has 0 saturated heterocycles. The second-order valence-electron chi connectivity index (χ2n) is 6.83. The van der Waals surface area contributed by atoms with Crippen molar-refractivity contribution in [1.29, 1.82) is 0 Å². The van der Waals surface area contributed by atoms with Crippen LogP contribution in [0.3, 0.4) is 0 Å². The summed E-state index contributed by atoms with van der Waals surface area (Å²) in [5.41, 5.74) is 1.87. The molecule has 0 aliphatic rings. The van der Waals surface area contributed by atoms with Crippen LogP contribution >= 0.6 is 0 Å². The quantitative estimate of drug-likeness (QED) is 0.568. The SMILES string of the molecule is C=C(O)c1ccc([C@H](C)NC(=O)c2c(C)nn(C)c2Oc2cc(F)ccc2F)cc1. The van der Waals surface area contributed by atoms with E-state index in [1.807, 2.05) is 0 Å². The number of carbonyl (C=O) groups excluding carboxylic acids is 1. The number of benzene rings is 2. The van der Waals surface area contributed by atoms with Gasteiger partial charge in [-0.1, -0.05) is 30.8 Å². The molecular weight excluding hydrogens is 392 g/mol. The normalized spacial score (nSPS) is 11.8. The fourth-order valence-electron chi connectivity index (χ4n) is 2.99. The van der Waals surface area contributed by atoms with E-state index in [1.165, 1.54) is 4.68 Å². The van der Waals surface area contributed by atoms with Crippen molar-refractivity contribution in [3.63, 3.8) is 0 Å². The summed E-state index contributed by atoms with van der Waals surface area (Å²) in [6.45, 7) is 6.88. The number of aromatic nitrogens is 2. The molecule has 3 rings (SSSR count). The van der Waals surface area contributed by atoms with Gasteiger partial charge in [-0.15, -0.1) is 0 Å². The maximum atomic E-state index is 14.0. The van der Waals surface area contributed by atoms with E-state index in [9.17, 15) is 18.7 Å². The van der Waals surface area contributed by atoms with E-state index in [-0.39, 0.29) is 29.0 Å². The summed E-state index contributed by atoms with van der Waals surface area (Å²) in [4.78, 5) is 12.9. The minimum Gasteiger partial charge on any atom is -0.508 e. The predicted molar refractivity (Wildman–Crippen MR) is 108 cm³/mol. The van der Waals surface area contributed by atoms with E-state index in [1.54, 1.807) is 45.2 Å². The molecular formula is C22H21F2N3O3. The van der Waals surface area contributed by atoms with E-state index in [2.05, 4.69) is 17.0 Å². The summed E-state index contributed by atoms with van der Waals surface area (Å²) < 4.78 is 34.3. The Morgan fingerprint density at radius 2 is 1.90 bits per heavy atom. The van der Waals surface area contributed by atoms with Gasteiger partial charge in [0.05, 0.1) is 11.7 Å². The molecule has 0 saturated carbocycles. The Labute approximate surface area is 172 Å². The lowest BCUT2D eigenvalue weighted by atomic mass is 10.0. The molecule has 1 amide bonds. The molecule has 0 unspecified atom stereocenters. The fourth-order valence-corrected chi connectivity index (χ4v) is 2.99. The Morgan fingerprint density at radius 1 is 1.23 bits per heavy atom. The van der Waals surface area contributed by atoms with Crippen LogP contribution in [0, 0.1) is 18.6 Å². The van der Waals surface area contributed by atoms with Crippen molar-refractivity contribution in [3.8, 4) is 11.6 Å². The first kappa shape index (κ1) is 21.0. The van der Waals surface area contributed by atoms with E-state index in [0.29, 0.717) is 11.3 Å². The number of amides is 1. The van der Waals surface area contributed by atoms with Gasteiger partial charge < -0.3 is 15.2 Å². The molecule has 6 nitrogen and oxygen atoms in total. The van der Waals surface area contributed by atoms with Crippen LogP contribution in [0.4, 0.5) is 8.78 Å². The number of carbonyl (C=O) groups is 1. The number of aliphatic hydroxyl groups excluding tert-OH is 1. The summed E-state index contributed by atoms with van der Waals surface area (Å²) >= 11 is 0. The molecule has 2 N–H and O–H groups in total. The highest BCUT2D eigenvalue weighted by atomic mass is 19.1. The number of aliphatic hydroxyl groups is 1. The van der Waals surface area contributed by atoms with Gasteiger partial charge in [0, 0.05) is 18.7 Å². The van der Waals surface area contributed by atoms with Gasteiger partial charge in [0.25, 0.3) is 5.91 Å². The van der Waals surface area contributed by atoms with E-state index >= 15 is 0 Å². The molecule has 0 aliphatic heterocycles. The summed E-state index contributed by atoms with van der Waals surface area (Å²) in [6.07, 6.45) is 0. The van der Waals surface area contributed by atoms with Crippen LogP contribution in [-0.2, 0) is 7.05 Å². The summed E-state index contributed by atoms with van der Waals surface area (Å²) in [5, 5.41) is 16.4. The first-order valence-corrected chi connectivity index (χ1v) is 9.13. The summed E-state index contributed by atoms with van der Waals surface area (Å²) in [6, 6.07) is 9.35. The van der Waals surface area contributed by atoms with Gasteiger partial charge in [0.15, 0.2) is 11.6 Å². The van der Waals surface area contributed by atoms with Crippen LogP contribution in [0.15, 0.2) is 49.0 Å². The topological polar surface area (TPSA) is 76.4 Å². The second kappa shape index (κ2) is 8.36. The van der Waals surface area contributed by atoms with Crippen LogP contribution in [0.25, 0.3) is 5.76 Å². The number of hydrogen-bond donors (Lipinski definition) is 2. The van der Waals surface area contributed by atoms with Crippen molar-refractivity contribution in [2.75, 3.05) is 0 Å². The molecule has 2 aromatic carbocycles. The molecule has 156 valence electrons. The molecule has 3 aromatic rings. The number of ether oxygens (including phenoxy) is 1. The molecule has 0 fully saturated rings. The Balaban J connectivity index is 1.85. The fraction of sp³-hybridized carbons (Fsp3) is 0.182.